The van der Waals surface area contributed by atoms with Gasteiger partial charge in [0, 0.05) is 24.5 Å². The van der Waals surface area contributed by atoms with Gasteiger partial charge < -0.3 is 4.90 Å². The minimum Gasteiger partial charge on any atom is -0.341 e. The Bertz CT molecular complexity index is 420. The van der Waals surface area contributed by atoms with Gasteiger partial charge in [0.05, 0.1) is 6.42 Å². The molecule has 1 rings (SSSR count). The van der Waals surface area contributed by atoms with Gasteiger partial charge >= 0.3 is 6.18 Å². The molecule has 1 amide bonds. The zero-order valence-corrected chi connectivity index (χ0v) is 11.4. The summed E-state index contributed by atoms with van der Waals surface area (Å²) in [6.07, 6.45) is -5.87. The van der Waals surface area contributed by atoms with Crippen LogP contribution < -0.4 is 0 Å². The smallest absolute Gasteiger partial charge is 0.341 e. The van der Waals surface area contributed by atoms with Gasteiger partial charge in [-0.25, -0.2) is 0 Å². The van der Waals surface area contributed by atoms with Gasteiger partial charge in [0.1, 0.15) is 0 Å². The summed E-state index contributed by atoms with van der Waals surface area (Å²) in [7, 11) is 1.50. The van der Waals surface area contributed by atoms with Crippen LogP contribution in [0.4, 0.5) is 13.2 Å². The Labute approximate surface area is 112 Å². The van der Waals surface area contributed by atoms with Crippen molar-refractivity contribution < 1.29 is 18.0 Å². The number of carbonyl (C=O) groups is 1. The van der Waals surface area contributed by atoms with Crippen LogP contribution in [0.1, 0.15) is 18.4 Å². The molecule has 0 saturated carbocycles. The van der Waals surface area contributed by atoms with E-state index in [-0.39, 0.29) is 6.54 Å². The molecule has 0 radical (unpaired) electrons. The first-order valence-corrected chi connectivity index (χ1v) is 6.13. The lowest BCUT2D eigenvalue weighted by Crippen LogP contribution is -2.27. The summed E-state index contributed by atoms with van der Waals surface area (Å²) in [5.74, 6) is -0.511. The predicted molar refractivity (Wildman–Crippen MR) is 65.9 cm³/mol. The van der Waals surface area contributed by atoms with Crippen molar-refractivity contribution in [3.05, 3.63) is 34.3 Å². The summed E-state index contributed by atoms with van der Waals surface area (Å²) < 4.78 is 36.8. The molecule has 100 valence electrons. The normalized spacial score (nSPS) is 11.4. The average Bonchev–Trinajstić information content (AvgIpc) is 2.28. The molecule has 18 heavy (non-hydrogen) atoms. The molecular weight excluding hydrogens is 311 g/mol. The van der Waals surface area contributed by atoms with E-state index in [9.17, 15) is 18.0 Å². The van der Waals surface area contributed by atoms with E-state index in [1.54, 1.807) is 0 Å². The van der Waals surface area contributed by atoms with Gasteiger partial charge in [-0.15, -0.1) is 0 Å². The maximum Gasteiger partial charge on any atom is 0.389 e. The van der Waals surface area contributed by atoms with Crippen molar-refractivity contribution in [2.75, 3.05) is 7.05 Å². The number of nitrogens with zero attached hydrogens (tertiary/aromatic N) is 1. The van der Waals surface area contributed by atoms with Gasteiger partial charge in [0.15, 0.2) is 0 Å². The van der Waals surface area contributed by atoms with Crippen molar-refractivity contribution >= 4 is 21.8 Å². The molecule has 0 saturated heterocycles. The highest BCUT2D eigenvalue weighted by atomic mass is 79.9. The Balaban J connectivity index is 2.53. The highest BCUT2D eigenvalue weighted by Crippen LogP contribution is 2.22. The second-order valence-electron chi connectivity index (χ2n) is 3.96. The third-order valence-electron chi connectivity index (χ3n) is 2.41. The summed E-state index contributed by atoms with van der Waals surface area (Å²) >= 11 is 3.33. The molecule has 0 aromatic heterocycles. The second kappa shape index (κ2) is 6.22. The van der Waals surface area contributed by atoms with E-state index in [0.717, 1.165) is 10.0 Å². The molecule has 0 N–H and O–H groups in total. The minimum atomic E-state index is -4.29. The van der Waals surface area contributed by atoms with Crippen LogP contribution in [0.15, 0.2) is 28.7 Å². The molecule has 1 aromatic rings. The van der Waals surface area contributed by atoms with E-state index >= 15 is 0 Å². The average molecular weight is 324 g/mol. The SMILES string of the molecule is CN(Cc1ccccc1Br)C(=O)CCC(F)(F)F. The van der Waals surface area contributed by atoms with Crippen LogP contribution >= 0.6 is 15.9 Å². The molecular formula is C12H13BrF3NO. The summed E-state index contributed by atoms with van der Waals surface area (Å²) in [6, 6.07) is 7.29. The van der Waals surface area contributed by atoms with Gasteiger partial charge in [0.25, 0.3) is 0 Å². The van der Waals surface area contributed by atoms with Crippen LogP contribution in [0, 0.1) is 0 Å². The van der Waals surface area contributed by atoms with Crippen LogP contribution in [0.25, 0.3) is 0 Å². The number of alkyl halides is 3. The van der Waals surface area contributed by atoms with Gasteiger partial charge in [-0.1, -0.05) is 34.1 Å². The molecule has 0 fully saturated rings. The molecule has 0 heterocycles. The summed E-state index contributed by atoms with van der Waals surface area (Å²) in [4.78, 5) is 12.8. The third-order valence-corrected chi connectivity index (χ3v) is 3.19. The fraction of sp³-hybridized carbons (Fsp3) is 0.417. The van der Waals surface area contributed by atoms with E-state index in [1.165, 1.54) is 11.9 Å². The maximum atomic E-state index is 12.0. The first kappa shape index (κ1) is 15.0. The highest BCUT2D eigenvalue weighted by molar-refractivity contribution is 9.10. The van der Waals surface area contributed by atoms with E-state index in [0.29, 0.717) is 0 Å². The largest absolute Gasteiger partial charge is 0.389 e. The molecule has 0 aliphatic rings. The van der Waals surface area contributed by atoms with E-state index < -0.39 is 24.9 Å². The number of benzene rings is 1. The first-order valence-electron chi connectivity index (χ1n) is 5.34. The van der Waals surface area contributed by atoms with Crippen molar-refractivity contribution in [1.29, 1.82) is 0 Å². The lowest BCUT2D eigenvalue weighted by atomic mass is 10.2. The van der Waals surface area contributed by atoms with Crippen molar-refractivity contribution in [1.82, 2.24) is 4.90 Å². The van der Waals surface area contributed by atoms with Gasteiger partial charge in [-0.3, -0.25) is 4.79 Å². The van der Waals surface area contributed by atoms with Gasteiger partial charge in [-0.05, 0) is 11.6 Å². The number of hydrogen-bond donors (Lipinski definition) is 0. The monoisotopic (exact) mass is 323 g/mol. The molecule has 1 aromatic carbocycles. The van der Waals surface area contributed by atoms with Crippen LogP contribution in [0.3, 0.4) is 0 Å². The summed E-state index contributed by atoms with van der Waals surface area (Å²) in [5, 5.41) is 0. The fourth-order valence-electron chi connectivity index (χ4n) is 1.41. The molecule has 2 nitrogen and oxygen atoms in total. The van der Waals surface area contributed by atoms with E-state index in [4.69, 9.17) is 0 Å². The Morgan fingerprint density at radius 2 is 1.94 bits per heavy atom. The lowest BCUT2D eigenvalue weighted by molar-refractivity contribution is -0.148. The maximum absolute atomic E-state index is 12.0. The number of halogens is 4. The number of carbonyl (C=O) groups excluding carboxylic acids is 1. The van der Waals surface area contributed by atoms with Gasteiger partial charge in [0.2, 0.25) is 5.91 Å². The predicted octanol–water partition coefficient (Wildman–Crippen LogP) is 3.75. The molecule has 0 aliphatic heterocycles. The quantitative estimate of drug-likeness (QED) is 0.826. The number of rotatable bonds is 4. The topological polar surface area (TPSA) is 20.3 Å². The Hall–Kier alpha value is -1.04. The fourth-order valence-corrected chi connectivity index (χ4v) is 1.82. The van der Waals surface area contributed by atoms with E-state index in [2.05, 4.69) is 15.9 Å². The van der Waals surface area contributed by atoms with Crippen LogP contribution in [-0.2, 0) is 11.3 Å². The Morgan fingerprint density at radius 3 is 2.50 bits per heavy atom. The molecule has 0 aliphatic carbocycles. The molecule has 6 heteroatoms. The molecule has 0 bridgehead atoms. The summed E-state index contributed by atoms with van der Waals surface area (Å²) in [5.41, 5.74) is 0.861. The van der Waals surface area contributed by atoms with Crippen molar-refractivity contribution in [2.45, 2.75) is 25.6 Å². The Kier molecular flexibility index (Phi) is 5.19. The Morgan fingerprint density at radius 1 is 1.33 bits per heavy atom. The minimum absolute atomic E-state index is 0.290. The first-order chi connectivity index (χ1) is 8.29. The van der Waals surface area contributed by atoms with Crippen LogP contribution in [-0.4, -0.2) is 24.0 Å². The molecule has 0 atom stereocenters. The zero-order valence-electron chi connectivity index (χ0n) is 9.80. The number of hydrogen-bond acceptors (Lipinski definition) is 1. The zero-order chi connectivity index (χ0) is 13.8. The highest BCUT2D eigenvalue weighted by Gasteiger charge is 2.28. The van der Waals surface area contributed by atoms with Crippen LogP contribution in [0.2, 0.25) is 0 Å². The van der Waals surface area contributed by atoms with Crippen LogP contribution in [0.5, 0.6) is 0 Å². The van der Waals surface area contributed by atoms with Crippen molar-refractivity contribution in [3.63, 3.8) is 0 Å². The van der Waals surface area contributed by atoms with Crippen molar-refractivity contribution in [2.24, 2.45) is 0 Å². The van der Waals surface area contributed by atoms with E-state index in [1.807, 2.05) is 24.3 Å². The molecule has 0 spiro atoms. The second-order valence-corrected chi connectivity index (χ2v) is 4.81. The third kappa shape index (κ3) is 5.08. The van der Waals surface area contributed by atoms with Crippen molar-refractivity contribution in [3.8, 4) is 0 Å². The lowest BCUT2D eigenvalue weighted by Gasteiger charge is -2.18. The van der Waals surface area contributed by atoms with Gasteiger partial charge in [-0.2, -0.15) is 13.2 Å². The molecule has 0 unspecified atom stereocenters. The summed E-state index contributed by atoms with van der Waals surface area (Å²) in [6.45, 7) is 0.290. The number of amides is 1. The standard InChI is InChI=1S/C12H13BrF3NO/c1-17(11(18)6-7-12(14,15)16)8-9-4-2-3-5-10(9)13/h2-5H,6-8H2,1H3.